The lowest BCUT2D eigenvalue weighted by atomic mass is 10.1. The monoisotopic (exact) mass is 274 g/mol. The molecule has 1 fully saturated rings. The Morgan fingerprint density at radius 3 is 2.65 bits per heavy atom. The summed E-state index contributed by atoms with van der Waals surface area (Å²) >= 11 is 0. The van der Waals surface area contributed by atoms with Crippen LogP contribution in [0.15, 0.2) is 24.3 Å². The van der Waals surface area contributed by atoms with Crippen molar-refractivity contribution in [2.45, 2.75) is 37.5 Å². The van der Waals surface area contributed by atoms with Crippen LogP contribution in [0.25, 0.3) is 0 Å². The van der Waals surface area contributed by atoms with E-state index in [-0.39, 0.29) is 12.0 Å². The van der Waals surface area contributed by atoms with Crippen LogP contribution in [0.5, 0.6) is 5.75 Å². The van der Waals surface area contributed by atoms with Crippen molar-refractivity contribution in [3.8, 4) is 5.75 Å². The van der Waals surface area contributed by atoms with Crippen LogP contribution in [0.2, 0.25) is 0 Å². The highest BCUT2D eigenvalue weighted by molar-refractivity contribution is 8.14. The summed E-state index contributed by atoms with van der Waals surface area (Å²) in [5.41, 5.74) is 0.984. The molecule has 2 rings (SSSR count). The molecular weight excluding hydrogens is 260 g/mol. The third kappa shape index (κ3) is 3.13. The van der Waals surface area contributed by atoms with Gasteiger partial charge in [0.1, 0.15) is 5.75 Å². The summed E-state index contributed by atoms with van der Waals surface area (Å²) in [5.74, 6) is 0.795. The smallest absolute Gasteiger partial charge is 0.236 e. The van der Waals surface area contributed by atoms with E-state index in [1.165, 1.54) is 0 Å². The molecule has 0 saturated heterocycles. The summed E-state index contributed by atoms with van der Waals surface area (Å²) in [6.45, 7) is 3.91. The number of hydrogen-bond acceptors (Lipinski definition) is 3. The summed E-state index contributed by atoms with van der Waals surface area (Å²) in [6, 6.07) is 7.56. The standard InChI is InChI=1S/C12H15ClO3S/c1-8(2)16-10-5-3-4-9(6-10)11-7-12(11)17(13,14)15/h3-6,8,11-12H,7H2,1-2H3. The van der Waals surface area contributed by atoms with Gasteiger partial charge in [0, 0.05) is 16.6 Å². The van der Waals surface area contributed by atoms with Crippen LogP contribution in [-0.4, -0.2) is 19.8 Å². The molecule has 94 valence electrons. The lowest BCUT2D eigenvalue weighted by molar-refractivity contribution is 0.242. The first-order chi connectivity index (χ1) is 7.88. The molecule has 1 aromatic carbocycles. The molecule has 1 aromatic rings. The van der Waals surface area contributed by atoms with Crippen molar-refractivity contribution in [1.29, 1.82) is 0 Å². The van der Waals surface area contributed by atoms with Crippen LogP contribution in [0.4, 0.5) is 0 Å². The fourth-order valence-corrected chi connectivity index (χ4v) is 3.50. The van der Waals surface area contributed by atoms with Crippen LogP contribution in [-0.2, 0) is 9.05 Å². The maximum absolute atomic E-state index is 11.2. The molecule has 5 heteroatoms. The van der Waals surface area contributed by atoms with Crippen LogP contribution in [0.1, 0.15) is 31.7 Å². The van der Waals surface area contributed by atoms with Crippen LogP contribution >= 0.6 is 10.7 Å². The third-order valence-electron chi connectivity index (χ3n) is 2.75. The summed E-state index contributed by atoms with van der Waals surface area (Å²) in [6.07, 6.45) is 0.716. The maximum Gasteiger partial charge on any atom is 0.236 e. The molecule has 2 unspecified atom stereocenters. The molecule has 17 heavy (non-hydrogen) atoms. The summed E-state index contributed by atoms with van der Waals surface area (Å²) in [7, 11) is 1.91. The van der Waals surface area contributed by atoms with Gasteiger partial charge in [0.25, 0.3) is 0 Å². The first kappa shape index (κ1) is 12.7. The molecule has 0 heterocycles. The van der Waals surface area contributed by atoms with Crippen molar-refractivity contribution < 1.29 is 13.2 Å². The number of hydrogen-bond donors (Lipinski definition) is 0. The molecule has 3 nitrogen and oxygen atoms in total. The van der Waals surface area contributed by atoms with Crippen molar-refractivity contribution in [1.82, 2.24) is 0 Å². The second kappa shape index (κ2) is 4.50. The van der Waals surface area contributed by atoms with Gasteiger partial charge in [-0.3, -0.25) is 0 Å². The van der Waals surface area contributed by atoms with Gasteiger partial charge in [-0.15, -0.1) is 0 Å². The Kier molecular flexibility index (Phi) is 3.36. The fourth-order valence-electron chi connectivity index (χ4n) is 1.92. The first-order valence-electron chi connectivity index (χ1n) is 5.58. The zero-order chi connectivity index (χ0) is 12.6. The van der Waals surface area contributed by atoms with Crippen molar-refractivity contribution >= 4 is 19.7 Å². The molecule has 0 spiro atoms. The molecule has 0 bridgehead atoms. The minimum absolute atomic E-state index is 0.0215. The van der Waals surface area contributed by atoms with Crippen molar-refractivity contribution in [3.63, 3.8) is 0 Å². The zero-order valence-electron chi connectivity index (χ0n) is 9.76. The average Bonchev–Trinajstić information content (AvgIpc) is 2.95. The normalized spacial score (nSPS) is 23.8. The predicted molar refractivity (Wildman–Crippen MR) is 68.1 cm³/mol. The average molecular weight is 275 g/mol. The van der Waals surface area contributed by atoms with E-state index in [2.05, 4.69) is 0 Å². The molecule has 1 saturated carbocycles. The van der Waals surface area contributed by atoms with E-state index in [0.717, 1.165) is 11.3 Å². The number of halogens is 1. The Hall–Kier alpha value is -0.740. The van der Waals surface area contributed by atoms with Gasteiger partial charge in [-0.2, -0.15) is 0 Å². The Morgan fingerprint density at radius 1 is 1.41 bits per heavy atom. The summed E-state index contributed by atoms with van der Waals surface area (Å²) in [4.78, 5) is 0. The van der Waals surface area contributed by atoms with E-state index in [4.69, 9.17) is 15.4 Å². The van der Waals surface area contributed by atoms with Gasteiger partial charge >= 0.3 is 0 Å². The second-order valence-corrected chi connectivity index (χ2v) is 7.44. The molecule has 2 atom stereocenters. The number of rotatable bonds is 4. The maximum atomic E-state index is 11.2. The highest BCUT2D eigenvalue weighted by Crippen LogP contribution is 2.47. The van der Waals surface area contributed by atoms with Crippen molar-refractivity contribution in [2.75, 3.05) is 0 Å². The Balaban J connectivity index is 2.14. The minimum atomic E-state index is -3.43. The molecule has 1 aliphatic rings. The van der Waals surface area contributed by atoms with E-state index >= 15 is 0 Å². The Bertz CT molecular complexity index is 510. The summed E-state index contributed by atoms with van der Waals surface area (Å²) < 4.78 is 27.9. The lowest BCUT2D eigenvalue weighted by Gasteiger charge is -2.10. The van der Waals surface area contributed by atoms with Gasteiger partial charge in [0.2, 0.25) is 9.05 Å². The van der Waals surface area contributed by atoms with Crippen LogP contribution in [0, 0.1) is 0 Å². The third-order valence-corrected chi connectivity index (χ3v) is 4.68. The van der Waals surface area contributed by atoms with Gasteiger partial charge in [-0.05, 0) is 38.0 Å². The van der Waals surface area contributed by atoms with Gasteiger partial charge in [-0.1, -0.05) is 12.1 Å². The zero-order valence-corrected chi connectivity index (χ0v) is 11.3. The topological polar surface area (TPSA) is 43.4 Å². The molecule has 0 amide bonds. The predicted octanol–water partition coefficient (Wildman–Crippen LogP) is 2.90. The SMILES string of the molecule is CC(C)Oc1cccc(C2CC2S(=O)(=O)Cl)c1. The van der Waals surface area contributed by atoms with Crippen LogP contribution < -0.4 is 4.74 Å². The van der Waals surface area contributed by atoms with E-state index in [1.54, 1.807) is 0 Å². The highest BCUT2D eigenvalue weighted by Gasteiger charge is 2.47. The highest BCUT2D eigenvalue weighted by atomic mass is 35.7. The quantitative estimate of drug-likeness (QED) is 0.793. The van der Waals surface area contributed by atoms with Crippen molar-refractivity contribution in [3.05, 3.63) is 29.8 Å². The van der Waals surface area contributed by atoms with E-state index < -0.39 is 14.3 Å². The number of benzene rings is 1. The Morgan fingerprint density at radius 2 is 2.12 bits per heavy atom. The van der Waals surface area contributed by atoms with E-state index in [1.807, 2.05) is 38.1 Å². The second-order valence-electron chi connectivity index (χ2n) is 4.60. The van der Waals surface area contributed by atoms with Gasteiger partial charge in [-0.25, -0.2) is 8.42 Å². The first-order valence-corrected chi connectivity index (χ1v) is 7.95. The van der Waals surface area contributed by atoms with E-state index in [0.29, 0.717) is 6.42 Å². The fraction of sp³-hybridized carbons (Fsp3) is 0.500. The van der Waals surface area contributed by atoms with Gasteiger partial charge in [0.15, 0.2) is 0 Å². The van der Waals surface area contributed by atoms with E-state index in [9.17, 15) is 8.42 Å². The molecule has 0 aromatic heterocycles. The lowest BCUT2D eigenvalue weighted by Crippen LogP contribution is -2.05. The van der Waals surface area contributed by atoms with Crippen LogP contribution in [0.3, 0.4) is 0 Å². The molecule has 0 radical (unpaired) electrons. The Labute approximate surface area is 106 Å². The molecule has 1 aliphatic carbocycles. The molecule has 0 aliphatic heterocycles. The number of ether oxygens (including phenoxy) is 1. The van der Waals surface area contributed by atoms with Gasteiger partial charge < -0.3 is 4.74 Å². The largest absolute Gasteiger partial charge is 0.491 e. The molecular formula is C12H15ClO3S. The van der Waals surface area contributed by atoms with Crippen molar-refractivity contribution in [2.24, 2.45) is 0 Å². The molecule has 0 N–H and O–H groups in total. The summed E-state index contributed by atoms with van der Waals surface area (Å²) in [5, 5.41) is -0.432. The minimum Gasteiger partial charge on any atom is -0.491 e. The van der Waals surface area contributed by atoms with Gasteiger partial charge in [0.05, 0.1) is 11.4 Å².